The van der Waals surface area contributed by atoms with E-state index >= 15 is 0 Å². The molecule has 3 nitrogen and oxygen atoms in total. The summed E-state index contributed by atoms with van der Waals surface area (Å²) in [6.07, 6.45) is 3.54. The molecule has 1 amide bonds. The first-order chi connectivity index (χ1) is 8.31. The van der Waals surface area contributed by atoms with Crippen LogP contribution in [0.5, 0.6) is 0 Å². The minimum Gasteiger partial charge on any atom is -0.334 e. The van der Waals surface area contributed by atoms with E-state index in [2.05, 4.69) is 5.32 Å². The molecule has 1 aliphatic rings. The zero-order valence-electron chi connectivity index (χ0n) is 10.1. The zero-order valence-corrected chi connectivity index (χ0v) is 10.1. The van der Waals surface area contributed by atoms with Gasteiger partial charge in [0.05, 0.1) is 6.04 Å². The van der Waals surface area contributed by atoms with Gasteiger partial charge in [-0.2, -0.15) is 0 Å². The third-order valence-electron chi connectivity index (χ3n) is 3.04. The second-order valence-electron chi connectivity index (χ2n) is 4.18. The number of hydrogen-bond donors (Lipinski definition) is 1. The number of likely N-dealkylation sites (N-methyl/N-ethyl adjacent to an activating group) is 1. The van der Waals surface area contributed by atoms with Crippen LogP contribution >= 0.6 is 0 Å². The first kappa shape index (κ1) is 11.9. The normalized spacial score (nSPS) is 15.8. The van der Waals surface area contributed by atoms with Crippen LogP contribution in [0.1, 0.15) is 12.5 Å². The molecular weight excluding hydrogens is 212 g/mol. The zero-order chi connectivity index (χ0) is 12.1. The highest BCUT2D eigenvalue weighted by molar-refractivity contribution is 5.92. The molecule has 1 heterocycles. The molecule has 0 radical (unpaired) electrons. The summed E-state index contributed by atoms with van der Waals surface area (Å²) < 4.78 is 0. The number of amides is 1. The van der Waals surface area contributed by atoms with E-state index in [-0.39, 0.29) is 5.91 Å². The van der Waals surface area contributed by atoms with E-state index in [0.29, 0.717) is 6.04 Å². The lowest BCUT2D eigenvalue weighted by Crippen LogP contribution is -2.58. The fourth-order valence-corrected chi connectivity index (χ4v) is 1.92. The van der Waals surface area contributed by atoms with E-state index < -0.39 is 0 Å². The molecule has 1 N–H and O–H groups in total. The molecule has 17 heavy (non-hydrogen) atoms. The molecular formula is C14H18N2O. The number of carbonyl (C=O) groups excluding carboxylic acids is 1. The van der Waals surface area contributed by atoms with Gasteiger partial charge in [-0.15, -0.1) is 0 Å². The van der Waals surface area contributed by atoms with E-state index in [4.69, 9.17) is 0 Å². The van der Waals surface area contributed by atoms with Gasteiger partial charge in [-0.1, -0.05) is 30.3 Å². The molecule has 0 bridgehead atoms. The summed E-state index contributed by atoms with van der Waals surface area (Å²) in [5, 5.41) is 3.19. The summed E-state index contributed by atoms with van der Waals surface area (Å²) in [5.41, 5.74) is 1.06. The van der Waals surface area contributed by atoms with Gasteiger partial charge in [-0.25, -0.2) is 0 Å². The van der Waals surface area contributed by atoms with Crippen molar-refractivity contribution in [3.8, 4) is 0 Å². The summed E-state index contributed by atoms with van der Waals surface area (Å²) in [6.45, 7) is 4.62. The van der Waals surface area contributed by atoms with Crippen molar-refractivity contribution < 1.29 is 4.79 Å². The van der Waals surface area contributed by atoms with Crippen molar-refractivity contribution in [2.45, 2.75) is 13.0 Å². The maximum atomic E-state index is 12.0. The molecule has 0 atom stereocenters. The van der Waals surface area contributed by atoms with Gasteiger partial charge in [0.1, 0.15) is 0 Å². The van der Waals surface area contributed by atoms with Crippen LogP contribution in [0.4, 0.5) is 0 Å². The highest BCUT2D eigenvalue weighted by atomic mass is 16.2. The highest BCUT2D eigenvalue weighted by Crippen LogP contribution is 2.07. The Morgan fingerprint density at radius 2 is 2.12 bits per heavy atom. The van der Waals surface area contributed by atoms with Gasteiger partial charge < -0.3 is 10.2 Å². The summed E-state index contributed by atoms with van der Waals surface area (Å²) in [5.74, 6) is 0.0999. The number of hydrogen-bond acceptors (Lipinski definition) is 2. The van der Waals surface area contributed by atoms with Crippen molar-refractivity contribution in [2.75, 3.05) is 19.6 Å². The van der Waals surface area contributed by atoms with Crippen molar-refractivity contribution >= 4 is 12.0 Å². The van der Waals surface area contributed by atoms with Crippen molar-refractivity contribution in [2.24, 2.45) is 0 Å². The van der Waals surface area contributed by atoms with Gasteiger partial charge in [-0.05, 0) is 18.6 Å². The minimum absolute atomic E-state index is 0.0999. The predicted molar refractivity (Wildman–Crippen MR) is 69.5 cm³/mol. The molecule has 0 unspecified atom stereocenters. The van der Waals surface area contributed by atoms with Crippen molar-refractivity contribution in [1.29, 1.82) is 0 Å². The number of nitrogens with zero attached hydrogens (tertiary/aromatic N) is 1. The average molecular weight is 230 g/mol. The number of carbonyl (C=O) groups is 1. The molecule has 2 rings (SSSR count). The van der Waals surface area contributed by atoms with Gasteiger partial charge >= 0.3 is 0 Å². The topological polar surface area (TPSA) is 32.3 Å². The SMILES string of the molecule is CCN(C(=O)C=Cc1ccccc1)C1CNC1. The molecule has 0 saturated carbocycles. The van der Waals surface area contributed by atoms with Gasteiger partial charge in [0.2, 0.25) is 5.91 Å². The minimum atomic E-state index is 0.0999. The van der Waals surface area contributed by atoms with E-state index in [9.17, 15) is 4.79 Å². The third kappa shape index (κ3) is 2.94. The van der Waals surface area contributed by atoms with Crippen LogP contribution in [0.15, 0.2) is 36.4 Å². The van der Waals surface area contributed by atoms with Gasteiger partial charge in [0.25, 0.3) is 0 Å². The molecule has 1 aromatic carbocycles. The van der Waals surface area contributed by atoms with Crippen LogP contribution in [0.3, 0.4) is 0 Å². The lowest BCUT2D eigenvalue weighted by atomic mass is 10.1. The third-order valence-corrected chi connectivity index (χ3v) is 3.04. The molecule has 90 valence electrons. The monoisotopic (exact) mass is 230 g/mol. The molecule has 1 fully saturated rings. The summed E-state index contributed by atoms with van der Waals surface area (Å²) in [6, 6.07) is 10.3. The van der Waals surface area contributed by atoms with Crippen LogP contribution in [-0.2, 0) is 4.79 Å². The first-order valence-corrected chi connectivity index (χ1v) is 6.05. The van der Waals surface area contributed by atoms with Crippen molar-refractivity contribution in [3.05, 3.63) is 42.0 Å². The standard InChI is InChI=1S/C14H18N2O/c1-2-16(13-10-15-11-13)14(17)9-8-12-6-4-3-5-7-12/h3-9,13,15H,2,10-11H2,1H3. The largest absolute Gasteiger partial charge is 0.334 e. The van der Waals surface area contributed by atoms with Crippen LogP contribution in [0.25, 0.3) is 6.08 Å². The summed E-state index contributed by atoms with van der Waals surface area (Å²) in [7, 11) is 0. The molecule has 1 aromatic rings. The molecule has 0 aliphatic carbocycles. The van der Waals surface area contributed by atoms with E-state index in [1.54, 1.807) is 6.08 Å². The fourth-order valence-electron chi connectivity index (χ4n) is 1.92. The molecule has 0 aromatic heterocycles. The van der Waals surface area contributed by atoms with Crippen LogP contribution < -0.4 is 5.32 Å². The lowest BCUT2D eigenvalue weighted by Gasteiger charge is -2.37. The molecule has 0 spiro atoms. The van der Waals surface area contributed by atoms with Crippen molar-refractivity contribution in [1.82, 2.24) is 10.2 Å². The molecule has 3 heteroatoms. The Labute approximate surface area is 102 Å². The fraction of sp³-hybridized carbons (Fsp3) is 0.357. The van der Waals surface area contributed by atoms with Gasteiger partial charge in [0, 0.05) is 25.7 Å². The maximum Gasteiger partial charge on any atom is 0.246 e. The van der Waals surface area contributed by atoms with Crippen LogP contribution in [0, 0.1) is 0 Å². The second-order valence-corrected chi connectivity index (χ2v) is 4.18. The Morgan fingerprint density at radius 3 is 2.65 bits per heavy atom. The van der Waals surface area contributed by atoms with E-state index in [1.807, 2.05) is 48.2 Å². The average Bonchev–Trinajstić information content (AvgIpc) is 2.31. The lowest BCUT2D eigenvalue weighted by molar-refractivity contribution is -0.128. The van der Waals surface area contributed by atoms with Gasteiger partial charge in [-0.3, -0.25) is 4.79 Å². The van der Waals surface area contributed by atoms with Crippen molar-refractivity contribution in [3.63, 3.8) is 0 Å². The highest BCUT2D eigenvalue weighted by Gasteiger charge is 2.25. The number of rotatable bonds is 4. The quantitative estimate of drug-likeness (QED) is 0.795. The van der Waals surface area contributed by atoms with Crippen LogP contribution in [0.2, 0.25) is 0 Å². The van der Waals surface area contributed by atoms with Crippen LogP contribution in [-0.4, -0.2) is 36.5 Å². The number of nitrogens with one attached hydrogen (secondary N) is 1. The molecule has 1 saturated heterocycles. The second kappa shape index (κ2) is 5.64. The summed E-state index contributed by atoms with van der Waals surface area (Å²) >= 11 is 0. The Morgan fingerprint density at radius 1 is 1.41 bits per heavy atom. The number of benzene rings is 1. The van der Waals surface area contributed by atoms with E-state index in [0.717, 1.165) is 25.2 Å². The molecule has 1 aliphatic heterocycles. The predicted octanol–water partition coefficient (Wildman–Crippen LogP) is 1.52. The summed E-state index contributed by atoms with van der Waals surface area (Å²) in [4.78, 5) is 13.9. The Hall–Kier alpha value is -1.61. The Balaban J connectivity index is 1.97. The maximum absolute atomic E-state index is 12.0. The Kier molecular flexibility index (Phi) is 3.94. The van der Waals surface area contributed by atoms with Gasteiger partial charge in [0.15, 0.2) is 0 Å². The smallest absolute Gasteiger partial charge is 0.246 e. The first-order valence-electron chi connectivity index (χ1n) is 6.05. The van der Waals surface area contributed by atoms with E-state index in [1.165, 1.54) is 0 Å². The Bertz CT molecular complexity index is 396.